The van der Waals surface area contributed by atoms with E-state index in [0.29, 0.717) is 22.3 Å². The Morgan fingerprint density at radius 1 is 1.14 bits per heavy atom. The van der Waals surface area contributed by atoms with Gasteiger partial charge >= 0.3 is 0 Å². The lowest BCUT2D eigenvalue weighted by Gasteiger charge is -2.23. The minimum Gasteiger partial charge on any atom is -0.326 e. The first-order valence-corrected chi connectivity index (χ1v) is 12.7. The van der Waals surface area contributed by atoms with Crippen LogP contribution in [-0.4, -0.2) is 33.0 Å². The molecule has 0 radical (unpaired) electrons. The number of carbonyl (C=O) groups excluding carboxylic acids is 2. The second-order valence-electron chi connectivity index (χ2n) is 8.63. The molecule has 2 aliphatic rings. The van der Waals surface area contributed by atoms with Crippen LogP contribution in [0.2, 0.25) is 5.02 Å². The van der Waals surface area contributed by atoms with Gasteiger partial charge in [-0.25, -0.2) is 9.40 Å². The van der Waals surface area contributed by atoms with E-state index in [4.69, 9.17) is 16.7 Å². The van der Waals surface area contributed by atoms with Crippen molar-refractivity contribution in [2.24, 2.45) is 10.1 Å². The molecule has 2 amide bonds. The molecule has 0 aliphatic carbocycles. The minimum absolute atomic E-state index is 0.00531. The second-order valence-corrected chi connectivity index (χ2v) is 10.2. The lowest BCUT2D eigenvalue weighted by molar-refractivity contribution is -0.121. The van der Waals surface area contributed by atoms with Crippen LogP contribution in [-0.2, 0) is 9.59 Å². The third-order valence-corrected chi connectivity index (χ3v) is 7.30. The largest absolute Gasteiger partial charge is 0.326 e. The molecule has 3 aromatic carbocycles. The predicted molar refractivity (Wildman–Crippen MR) is 142 cm³/mol. The topological polar surface area (TPSA) is 74.1 Å². The van der Waals surface area contributed by atoms with E-state index in [1.807, 2.05) is 49.4 Å². The van der Waals surface area contributed by atoms with Crippen LogP contribution in [0.15, 0.2) is 82.9 Å². The van der Waals surface area contributed by atoms with Gasteiger partial charge in [0.15, 0.2) is 5.17 Å². The van der Waals surface area contributed by atoms with Gasteiger partial charge < -0.3 is 5.32 Å². The van der Waals surface area contributed by atoms with Crippen LogP contribution in [0.4, 0.5) is 10.1 Å². The molecule has 0 fully saturated rings. The Morgan fingerprint density at radius 2 is 1.92 bits per heavy atom. The average molecular weight is 521 g/mol. The highest BCUT2D eigenvalue weighted by Gasteiger charge is 2.39. The van der Waals surface area contributed by atoms with Gasteiger partial charge in [-0.15, -0.1) is 0 Å². The summed E-state index contributed by atoms with van der Waals surface area (Å²) in [4.78, 5) is 29.6. The fourth-order valence-electron chi connectivity index (χ4n) is 4.18. The van der Waals surface area contributed by atoms with Crippen LogP contribution in [0.25, 0.3) is 0 Å². The highest BCUT2D eigenvalue weighted by molar-refractivity contribution is 8.15. The number of halogens is 2. The van der Waals surface area contributed by atoms with Crippen molar-refractivity contribution in [3.8, 4) is 0 Å². The summed E-state index contributed by atoms with van der Waals surface area (Å²) in [6.07, 6.45) is 0.521. The fraction of sp³-hybridized carbons (Fsp3) is 0.185. The van der Waals surface area contributed by atoms with Crippen LogP contribution in [0, 0.1) is 12.7 Å². The second kappa shape index (κ2) is 10.2. The summed E-state index contributed by atoms with van der Waals surface area (Å²) in [6, 6.07) is 20.8. The maximum atomic E-state index is 13.5. The van der Waals surface area contributed by atoms with Crippen molar-refractivity contribution < 1.29 is 14.0 Å². The summed E-state index contributed by atoms with van der Waals surface area (Å²) in [5, 5.41) is 9.69. The molecule has 0 saturated carbocycles. The van der Waals surface area contributed by atoms with Gasteiger partial charge in [0.05, 0.1) is 11.8 Å². The maximum absolute atomic E-state index is 13.5. The van der Waals surface area contributed by atoms with Crippen molar-refractivity contribution >= 4 is 51.7 Å². The summed E-state index contributed by atoms with van der Waals surface area (Å²) in [7, 11) is 0. The zero-order valence-corrected chi connectivity index (χ0v) is 20.9. The van der Waals surface area contributed by atoms with E-state index in [1.165, 1.54) is 23.9 Å². The Balaban J connectivity index is 1.36. The summed E-state index contributed by atoms with van der Waals surface area (Å²) >= 11 is 7.48. The zero-order valence-electron chi connectivity index (χ0n) is 19.3. The standard InChI is InChI=1S/C27H22ClFN4O2S/c1-16-4-2-7-21(12-16)30-25(34)15-24-26(35)31-27(36-24)33-23(18-5-3-6-19(28)13-18)14-22(32-33)17-8-10-20(29)11-9-17/h2-13,23-24H,14-15H2,1H3,(H,30,34)/t23-,24+/m0/s1. The van der Waals surface area contributed by atoms with Gasteiger partial charge in [-0.3, -0.25) is 9.59 Å². The van der Waals surface area contributed by atoms with Gasteiger partial charge in [0.25, 0.3) is 5.91 Å². The third kappa shape index (κ3) is 5.34. The van der Waals surface area contributed by atoms with Crippen molar-refractivity contribution in [1.82, 2.24) is 5.01 Å². The van der Waals surface area contributed by atoms with Gasteiger partial charge in [0, 0.05) is 23.6 Å². The number of anilines is 1. The lowest BCUT2D eigenvalue weighted by Crippen LogP contribution is -2.25. The summed E-state index contributed by atoms with van der Waals surface area (Å²) < 4.78 is 13.5. The molecule has 0 spiro atoms. The Kier molecular flexibility index (Phi) is 6.89. The number of amidine groups is 1. The molecule has 0 bridgehead atoms. The highest BCUT2D eigenvalue weighted by Crippen LogP contribution is 2.39. The monoisotopic (exact) mass is 520 g/mol. The Hall–Kier alpha value is -3.49. The molecule has 0 unspecified atom stereocenters. The number of amides is 2. The first-order chi connectivity index (χ1) is 17.4. The number of hydrogen-bond donors (Lipinski definition) is 1. The molecule has 2 aliphatic heterocycles. The molecular formula is C27H22ClFN4O2S. The minimum atomic E-state index is -0.644. The SMILES string of the molecule is Cc1cccc(NC(=O)C[C@H]2SC(N3N=C(c4ccc(F)cc4)C[C@H]3c3cccc(Cl)c3)=NC2=O)c1. The molecular weight excluding hydrogens is 499 g/mol. The number of nitrogens with zero attached hydrogens (tertiary/aromatic N) is 3. The number of rotatable bonds is 5. The third-order valence-electron chi connectivity index (χ3n) is 5.92. The quantitative estimate of drug-likeness (QED) is 0.450. The Bertz CT molecular complexity index is 1390. The number of aliphatic imine (C=N–C) groups is 1. The van der Waals surface area contributed by atoms with Crippen molar-refractivity contribution in [3.63, 3.8) is 0 Å². The lowest BCUT2D eigenvalue weighted by atomic mass is 9.98. The van der Waals surface area contributed by atoms with E-state index in [0.717, 1.165) is 22.4 Å². The van der Waals surface area contributed by atoms with Gasteiger partial charge in [-0.1, -0.05) is 59.8 Å². The summed E-state index contributed by atoms with van der Waals surface area (Å²) in [5.74, 6) is -0.954. The molecule has 9 heteroatoms. The molecule has 0 saturated heterocycles. The van der Waals surface area contributed by atoms with Gasteiger partial charge in [0.1, 0.15) is 11.1 Å². The number of thioether (sulfide) groups is 1. The molecule has 182 valence electrons. The van der Waals surface area contributed by atoms with Crippen molar-refractivity contribution in [3.05, 3.63) is 100 Å². The molecule has 6 nitrogen and oxygen atoms in total. The first-order valence-electron chi connectivity index (χ1n) is 11.4. The van der Waals surface area contributed by atoms with Crippen molar-refractivity contribution in [2.45, 2.75) is 31.1 Å². The average Bonchev–Trinajstić information content (AvgIpc) is 3.44. The zero-order chi connectivity index (χ0) is 25.2. The predicted octanol–water partition coefficient (Wildman–Crippen LogP) is 5.97. The van der Waals surface area contributed by atoms with Crippen LogP contribution in [0.5, 0.6) is 0 Å². The number of nitrogens with one attached hydrogen (secondary N) is 1. The Labute approximate surface area is 217 Å². The van der Waals surface area contributed by atoms with Gasteiger partial charge in [-0.05, 0) is 60.0 Å². The molecule has 2 atom stereocenters. The van der Waals surface area contributed by atoms with Gasteiger partial charge in [-0.2, -0.15) is 10.1 Å². The van der Waals surface area contributed by atoms with Crippen molar-refractivity contribution in [2.75, 3.05) is 5.32 Å². The summed E-state index contributed by atoms with van der Waals surface area (Å²) in [6.45, 7) is 1.94. The van der Waals surface area contributed by atoms with E-state index >= 15 is 0 Å². The van der Waals surface area contributed by atoms with Crippen molar-refractivity contribution in [1.29, 1.82) is 0 Å². The van der Waals surface area contributed by atoms with Crippen LogP contribution in [0.1, 0.15) is 35.6 Å². The summed E-state index contributed by atoms with van der Waals surface area (Å²) in [5.41, 5.74) is 4.16. The smallest absolute Gasteiger partial charge is 0.262 e. The van der Waals surface area contributed by atoms with E-state index in [9.17, 15) is 14.0 Å². The van der Waals surface area contributed by atoms with Gasteiger partial charge in [0.2, 0.25) is 5.91 Å². The number of carbonyl (C=O) groups is 2. The maximum Gasteiger partial charge on any atom is 0.262 e. The molecule has 1 N–H and O–H groups in total. The number of aryl methyl sites for hydroxylation is 1. The molecule has 36 heavy (non-hydrogen) atoms. The van der Waals surface area contributed by atoms with Crippen LogP contribution < -0.4 is 5.32 Å². The van der Waals surface area contributed by atoms with E-state index in [2.05, 4.69) is 10.3 Å². The molecule has 0 aromatic heterocycles. The van der Waals surface area contributed by atoms with Crippen LogP contribution >= 0.6 is 23.4 Å². The van der Waals surface area contributed by atoms with E-state index < -0.39 is 5.25 Å². The Morgan fingerprint density at radius 3 is 2.67 bits per heavy atom. The normalized spacial score (nSPS) is 19.3. The number of hydrogen-bond acceptors (Lipinski definition) is 5. The molecule has 5 rings (SSSR count). The molecule has 3 aromatic rings. The fourth-order valence-corrected chi connectivity index (χ4v) is 5.44. The van der Waals surface area contributed by atoms with E-state index in [1.54, 1.807) is 23.2 Å². The molecule has 2 heterocycles. The highest BCUT2D eigenvalue weighted by atomic mass is 35.5. The van der Waals surface area contributed by atoms with E-state index in [-0.39, 0.29) is 30.1 Å². The first kappa shape index (κ1) is 24.2. The number of benzene rings is 3. The number of hydrazone groups is 1. The van der Waals surface area contributed by atoms with Crippen LogP contribution in [0.3, 0.4) is 0 Å².